The van der Waals surface area contributed by atoms with Gasteiger partial charge in [-0.25, -0.2) is 4.98 Å². The van der Waals surface area contributed by atoms with Gasteiger partial charge >= 0.3 is 0 Å². The molecule has 0 aliphatic rings. The van der Waals surface area contributed by atoms with E-state index in [0.29, 0.717) is 12.4 Å². The number of hydrogen-bond donors (Lipinski definition) is 2. The molecule has 0 aliphatic heterocycles. The van der Waals surface area contributed by atoms with Crippen LogP contribution in [0.4, 0.5) is 5.82 Å². The van der Waals surface area contributed by atoms with Crippen LogP contribution in [0.1, 0.15) is 32.4 Å². The maximum atomic E-state index is 12.2. The number of nitrogens with one attached hydrogen (secondary N) is 1. The van der Waals surface area contributed by atoms with Crippen molar-refractivity contribution in [1.29, 1.82) is 0 Å². The highest BCUT2D eigenvalue weighted by Crippen LogP contribution is 2.26. The quantitative estimate of drug-likeness (QED) is 0.821. The number of carbonyl (C=O) groups is 1. The highest BCUT2D eigenvalue weighted by Gasteiger charge is 2.33. The molecule has 0 radical (unpaired) electrons. The van der Waals surface area contributed by atoms with Crippen molar-refractivity contribution in [2.24, 2.45) is 11.1 Å². The summed E-state index contributed by atoms with van der Waals surface area (Å²) in [7, 11) is 0. The maximum Gasteiger partial charge on any atom is 0.233 e. The minimum absolute atomic E-state index is 0.0388. The lowest BCUT2D eigenvalue weighted by atomic mass is 9.81. The highest BCUT2D eigenvalue weighted by molar-refractivity contribution is 5.94. The molecule has 0 spiro atoms. The first-order valence-electron chi connectivity index (χ1n) is 6.03. The summed E-state index contributed by atoms with van der Waals surface area (Å²) >= 11 is 0. The standard InChI is InChI=1S/C13H21N3O/c1-4-13(5-2,9-14)12(17)16-11-8-6-7-10(3)15-11/h6-8H,4-5,9,14H2,1-3H3,(H,15,16,17). The fourth-order valence-electron chi connectivity index (χ4n) is 1.81. The summed E-state index contributed by atoms with van der Waals surface area (Å²) in [6.45, 7) is 6.22. The first-order chi connectivity index (χ1) is 8.07. The number of rotatable bonds is 5. The van der Waals surface area contributed by atoms with Crippen LogP contribution >= 0.6 is 0 Å². The van der Waals surface area contributed by atoms with Crippen molar-refractivity contribution in [3.8, 4) is 0 Å². The third-order valence-electron chi connectivity index (χ3n) is 3.36. The Hall–Kier alpha value is -1.42. The molecule has 1 heterocycles. The highest BCUT2D eigenvalue weighted by atomic mass is 16.2. The van der Waals surface area contributed by atoms with Gasteiger partial charge in [0.25, 0.3) is 0 Å². The van der Waals surface area contributed by atoms with Crippen LogP contribution in [0.25, 0.3) is 0 Å². The number of nitrogens with two attached hydrogens (primary N) is 1. The Morgan fingerprint density at radius 2 is 2.06 bits per heavy atom. The van der Waals surface area contributed by atoms with E-state index >= 15 is 0 Å². The summed E-state index contributed by atoms with van der Waals surface area (Å²) < 4.78 is 0. The molecule has 1 amide bonds. The summed E-state index contributed by atoms with van der Waals surface area (Å²) in [4.78, 5) is 16.5. The fourth-order valence-corrected chi connectivity index (χ4v) is 1.81. The predicted octanol–water partition coefficient (Wildman–Crippen LogP) is 2.09. The SMILES string of the molecule is CCC(CC)(CN)C(=O)Nc1cccc(C)n1. The molecule has 4 heteroatoms. The van der Waals surface area contributed by atoms with Crippen LogP contribution in [0.5, 0.6) is 0 Å². The Bertz CT molecular complexity index is 378. The van der Waals surface area contributed by atoms with Crippen molar-refractivity contribution in [1.82, 2.24) is 4.98 Å². The van der Waals surface area contributed by atoms with Gasteiger partial charge in [0.2, 0.25) is 5.91 Å². The first-order valence-corrected chi connectivity index (χ1v) is 6.03. The second kappa shape index (κ2) is 5.77. The summed E-state index contributed by atoms with van der Waals surface area (Å²) in [6, 6.07) is 5.56. The van der Waals surface area contributed by atoms with Crippen LogP contribution in [-0.2, 0) is 4.79 Å². The number of aromatic nitrogens is 1. The molecule has 4 nitrogen and oxygen atoms in total. The van der Waals surface area contributed by atoms with Gasteiger partial charge in [0.1, 0.15) is 5.82 Å². The lowest BCUT2D eigenvalue weighted by molar-refractivity contribution is -0.125. The average molecular weight is 235 g/mol. The Kier molecular flexibility index (Phi) is 4.63. The van der Waals surface area contributed by atoms with Crippen molar-refractivity contribution >= 4 is 11.7 Å². The van der Waals surface area contributed by atoms with E-state index in [1.807, 2.05) is 32.9 Å². The van der Waals surface area contributed by atoms with E-state index in [1.165, 1.54) is 0 Å². The van der Waals surface area contributed by atoms with Crippen LogP contribution in [0, 0.1) is 12.3 Å². The van der Waals surface area contributed by atoms with Gasteiger partial charge in [-0.1, -0.05) is 19.9 Å². The lowest BCUT2D eigenvalue weighted by Gasteiger charge is -2.28. The molecular weight excluding hydrogens is 214 g/mol. The zero-order valence-electron chi connectivity index (χ0n) is 10.8. The number of carbonyl (C=O) groups excluding carboxylic acids is 1. The van der Waals surface area contributed by atoms with Crippen molar-refractivity contribution in [3.05, 3.63) is 23.9 Å². The smallest absolute Gasteiger partial charge is 0.233 e. The Morgan fingerprint density at radius 3 is 2.53 bits per heavy atom. The Balaban J connectivity index is 2.84. The average Bonchev–Trinajstić information content (AvgIpc) is 2.32. The van der Waals surface area contributed by atoms with Crippen LogP contribution in [0.3, 0.4) is 0 Å². The molecule has 1 rings (SSSR count). The van der Waals surface area contributed by atoms with Gasteiger partial charge in [-0.15, -0.1) is 0 Å². The van der Waals surface area contributed by atoms with Crippen molar-refractivity contribution in [2.45, 2.75) is 33.6 Å². The minimum Gasteiger partial charge on any atom is -0.329 e. The number of hydrogen-bond acceptors (Lipinski definition) is 3. The van der Waals surface area contributed by atoms with Crippen molar-refractivity contribution < 1.29 is 4.79 Å². The van der Waals surface area contributed by atoms with Gasteiger partial charge in [0.15, 0.2) is 0 Å². The molecule has 0 bridgehead atoms. The molecule has 0 saturated carbocycles. The van der Waals surface area contributed by atoms with Gasteiger partial charge in [0, 0.05) is 12.2 Å². The number of anilines is 1. The summed E-state index contributed by atoms with van der Waals surface area (Å²) in [5, 5.41) is 2.85. The van der Waals surface area contributed by atoms with Gasteiger partial charge < -0.3 is 11.1 Å². The zero-order valence-corrected chi connectivity index (χ0v) is 10.8. The van der Waals surface area contributed by atoms with Crippen LogP contribution in [0.2, 0.25) is 0 Å². The molecule has 0 unspecified atom stereocenters. The molecule has 3 N–H and O–H groups in total. The molecule has 0 aromatic carbocycles. The van der Waals surface area contributed by atoms with Gasteiger partial charge in [0.05, 0.1) is 5.41 Å². The third kappa shape index (κ3) is 3.03. The monoisotopic (exact) mass is 235 g/mol. The molecule has 94 valence electrons. The minimum atomic E-state index is -0.481. The summed E-state index contributed by atoms with van der Waals surface area (Å²) in [5.41, 5.74) is 6.13. The molecule has 0 saturated heterocycles. The summed E-state index contributed by atoms with van der Waals surface area (Å²) in [5.74, 6) is 0.554. The molecule has 0 fully saturated rings. The Morgan fingerprint density at radius 1 is 1.41 bits per heavy atom. The number of pyridine rings is 1. The Labute approximate surface area is 103 Å². The number of amides is 1. The third-order valence-corrected chi connectivity index (χ3v) is 3.36. The van der Waals surface area contributed by atoms with Gasteiger partial charge in [-0.3, -0.25) is 4.79 Å². The maximum absolute atomic E-state index is 12.2. The van der Waals surface area contributed by atoms with Gasteiger partial charge in [-0.2, -0.15) is 0 Å². The van der Waals surface area contributed by atoms with E-state index < -0.39 is 5.41 Å². The fraction of sp³-hybridized carbons (Fsp3) is 0.538. The van der Waals surface area contributed by atoms with E-state index in [1.54, 1.807) is 6.07 Å². The van der Waals surface area contributed by atoms with E-state index in [9.17, 15) is 4.79 Å². The van der Waals surface area contributed by atoms with E-state index in [0.717, 1.165) is 18.5 Å². The van der Waals surface area contributed by atoms with E-state index in [-0.39, 0.29) is 5.91 Å². The van der Waals surface area contributed by atoms with Crippen LogP contribution in [-0.4, -0.2) is 17.4 Å². The number of nitrogens with zero attached hydrogens (tertiary/aromatic N) is 1. The molecule has 1 aromatic rings. The van der Waals surface area contributed by atoms with Crippen LogP contribution < -0.4 is 11.1 Å². The normalized spacial score (nSPS) is 11.3. The van der Waals surface area contributed by atoms with Crippen molar-refractivity contribution in [2.75, 3.05) is 11.9 Å². The molecule has 0 aliphatic carbocycles. The number of aryl methyl sites for hydroxylation is 1. The molecule has 1 aromatic heterocycles. The predicted molar refractivity (Wildman–Crippen MR) is 69.7 cm³/mol. The van der Waals surface area contributed by atoms with Crippen molar-refractivity contribution in [3.63, 3.8) is 0 Å². The van der Waals surface area contributed by atoms with Crippen LogP contribution in [0.15, 0.2) is 18.2 Å². The lowest BCUT2D eigenvalue weighted by Crippen LogP contribution is -2.41. The largest absolute Gasteiger partial charge is 0.329 e. The summed E-state index contributed by atoms with van der Waals surface area (Å²) in [6.07, 6.45) is 1.47. The van der Waals surface area contributed by atoms with E-state index in [2.05, 4.69) is 10.3 Å². The second-order valence-electron chi connectivity index (χ2n) is 4.31. The second-order valence-corrected chi connectivity index (χ2v) is 4.31. The topological polar surface area (TPSA) is 68.0 Å². The molecule has 17 heavy (non-hydrogen) atoms. The van der Waals surface area contributed by atoms with E-state index in [4.69, 9.17) is 5.73 Å². The molecular formula is C13H21N3O. The zero-order chi connectivity index (χ0) is 12.9. The molecule has 0 atom stereocenters. The van der Waals surface area contributed by atoms with Gasteiger partial charge in [-0.05, 0) is 31.9 Å². The first kappa shape index (κ1) is 13.6.